The van der Waals surface area contributed by atoms with Gasteiger partial charge in [-0.1, -0.05) is 18.9 Å². The molecule has 1 aliphatic carbocycles. The van der Waals surface area contributed by atoms with E-state index >= 15 is 0 Å². The number of allylic oxidation sites excluding steroid dienone is 1. The fourth-order valence-corrected chi connectivity index (χ4v) is 3.63. The number of carboxylic acids is 1. The highest BCUT2D eigenvalue weighted by molar-refractivity contribution is 5.83. The third-order valence-corrected chi connectivity index (χ3v) is 4.99. The van der Waals surface area contributed by atoms with Crippen LogP contribution in [0.3, 0.4) is 0 Å². The summed E-state index contributed by atoms with van der Waals surface area (Å²) >= 11 is 0. The Balaban J connectivity index is 1.81. The van der Waals surface area contributed by atoms with E-state index in [0.29, 0.717) is 19.7 Å². The number of aliphatic carboxylic acids is 1. The second-order valence-corrected chi connectivity index (χ2v) is 6.82. The van der Waals surface area contributed by atoms with Crippen molar-refractivity contribution < 1.29 is 19.4 Å². The lowest BCUT2D eigenvalue weighted by Crippen LogP contribution is -2.53. The molecule has 1 heterocycles. The summed E-state index contributed by atoms with van der Waals surface area (Å²) in [5, 5.41) is 12.2. The molecule has 2 N–H and O–H groups in total. The van der Waals surface area contributed by atoms with Crippen molar-refractivity contribution >= 4 is 12.0 Å². The van der Waals surface area contributed by atoms with Crippen molar-refractivity contribution in [3.8, 4) is 0 Å². The molecule has 136 valence electrons. The Morgan fingerprint density at radius 3 is 2.71 bits per heavy atom. The van der Waals surface area contributed by atoms with Gasteiger partial charge in [-0.05, 0) is 44.4 Å². The Morgan fingerprint density at radius 1 is 1.29 bits per heavy atom. The van der Waals surface area contributed by atoms with E-state index in [2.05, 4.69) is 11.9 Å². The minimum atomic E-state index is -0.926. The molecular weight excluding hydrogens is 308 g/mol. The molecular formula is C18H30N2O4. The Hall–Kier alpha value is -1.56. The first-order valence-corrected chi connectivity index (χ1v) is 9.12. The number of carbonyl (C=O) groups is 2. The lowest BCUT2D eigenvalue weighted by Gasteiger charge is -2.34. The van der Waals surface area contributed by atoms with Crippen molar-refractivity contribution in [2.75, 3.05) is 19.7 Å². The number of rotatable bonds is 8. The SMILES string of the molecule is C=CCCCOC1CCCN(C(=O)N[C@H](C(=O)O)C2CCCC2)C1. The maximum absolute atomic E-state index is 12.5. The van der Waals surface area contributed by atoms with E-state index in [1.54, 1.807) is 4.90 Å². The zero-order valence-corrected chi connectivity index (χ0v) is 14.4. The second kappa shape index (κ2) is 9.67. The smallest absolute Gasteiger partial charge is 0.326 e. The molecule has 0 radical (unpaired) electrons. The minimum absolute atomic E-state index is 0.0454. The third-order valence-electron chi connectivity index (χ3n) is 4.99. The van der Waals surface area contributed by atoms with E-state index in [-0.39, 0.29) is 18.1 Å². The number of unbranched alkanes of at least 4 members (excludes halogenated alkanes) is 1. The number of hydrogen-bond acceptors (Lipinski definition) is 3. The monoisotopic (exact) mass is 338 g/mol. The van der Waals surface area contributed by atoms with Gasteiger partial charge in [0.1, 0.15) is 6.04 Å². The van der Waals surface area contributed by atoms with Crippen molar-refractivity contribution in [3.63, 3.8) is 0 Å². The normalized spacial score (nSPS) is 23.0. The van der Waals surface area contributed by atoms with Crippen LogP contribution >= 0.6 is 0 Å². The van der Waals surface area contributed by atoms with Gasteiger partial charge in [0.25, 0.3) is 0 Å². The molecule has 1 saturated heterocycles. The summed E-state index contributed by atoms with van der Waals surface area (Å²) in [7, 11) is 0. The molecule has 24 heavy (non-hydrogen) atoms. The van der Waals surface area contributed by atoms with Crippen LogP contribution in [0.15, 0.2) is 12.7 Å². The van der Waals surface area contributed by atoms with E-state index in [9.17, 15) is 14.7 Å². The predicted octanol–water partition coefficient (Wildman–Crippen LogP) is 2.79. The van der Waals surface area contributed by atoms with Gasteiger partial charge in [0.15, 0.2) is 0 Å². The maximum Gasteiger partial charge on any atom is 0.326 e. The molecule has 2 fully saturated rings. The molecule has 0 aromatic heterocycles. The molecule has 1 unspecified atom stereocenters. The highest BCUT2D eigenvalue weighted by atomic mass is 16.5. The summed E-state index contributed by atoms with van der Waals surface area (Å²) in [5.41, 5.74) is 0. The highest BCUT2D eigenvalue weighted by Crippen LogP contribution is 2.28. The number of piperidine rings is 1. The summed E-state index contributed by atoms with van der Waals surface area (Å²) in [6, 6.07) is -1.04. The predicted molar refractivity (Wildman–Crippen MR) is 91.9 cm³/mol. The number of nitrogens with zero attached hydrogens (tertiary/aromatic N) is 1. The minimum Gasteiger partial charge on any atom is -0.480 e. The summed E-state index contributed by atoms with van der Waals surface area (Å²) in [4.78, 5) is 25.7. The van der Waals surface area contributed by atoms with Crippen LogP contribution in [0.1, 0.15) is 51.4 Å². The summed E-state index contributed by atoms with van der Waals surface area (Å²) in [6.07, 6.45) is 9.49. The average molecular weight is 338 g/mol. The van der Waals surface area contributed by atoms with Crippen LogP contribution < -0.4 is 5.32 Å². The van der Waals surface area contributed by atoms with E-state index in [1.165, 1.54) is 0 Å². The topological polar surface area (TPSA) is 78.9 Å². The first-order chi connectivity index (χ1) is 11.6. The van der Waals surface area contributed by atoms with Gasteiger partial charge in [-0.2, -0.15) is 0 Å². The van der Waals surface area contributed by atoms with Gasteiger partial charge >= 0.3 is 12.0 Å². The van der Waals surface area contributed by atoms with Gasteiger partial charge in [-0.15, -0.1) is 6.58 Å². The molecule has 2 atom stereocenters. The average Bonchev–Trinajstić information content (AvgIpc) is 3.10. The van der Waals surface area contributed by atoms with Gasteiger partial charge in [0, 0.05) is 19.7 Å². The number of likely N-dealkylation sites (tertiary alicyclic amines) is 1. The van der Waals surface area contributed by atoms with Crippen molar-refractivity contribution in [1.29, 1.82) is 0 Å². The fraction of sp³-hybridized carbons (Fsp3) is 0.778. The molecule has 1 aliphatic heterocycles. The fourth-order valence-electron chi connectivity index (χ4n) is 3.63. The number of nitrogens with one attached hydrogen (secondary N) is 1. The van der Waals surface area contributed by atoms with Crippen LogP contribution in [0.2, 0.25) is 0 Å². The Morgan fingerprint density at radius 2 is 2.04 bits per heavy atom. The first-order valence-electron chi connectivity index (χ1n) is 9.12. The zero-order valence-electron chi connectivity index (χ0n) is 14.4. The Bertz CT molecular complexity index is 435. The number of carboxylic acid groups (broad SMARTS) is 1. The van der Waals surface area contributed by atoms with Crippen LogP contribution in [0.25, 0.3) is 0 Å². The molecule has 0 aromatic carbocycles. The van der Waals surface area contributed by atoms with Crippen LogP contribution in [-0.2, 0) is 9.53 Å². The highest BCUT2D eigenvalue weighted by Gasteiger charge is 2.34. The van der Waals surface area contributed by atoms with Crippen LogP contribution in [0.4, 0.5) is 4.79 Å². The molecule has 2 aliphatic rings. The van der Waals surface area contributed by atoms with Gasteiger partial charge in [0.05, 0.1) is 6.10 Å². The lowest BCUT2D eigenvalue weighted by molar-refractivity contribution is -0.140. The number of hydrogen-bond donors (Lipinski definition) is 2. The number of urea groups is 1. The second-order valence-electron chi connectivity index (χ2n) is 6.82. The van der Waals surface area contributed by atoms with E-state index in [4.69, 9.17) is 4.74 Å². The molecule has 2 amide bonds. The van der Waals surface area contributed by atoms with Crippen molar-refractivity contribution in [3.05, 3.63) is 12.7 Å². The van der Waals surface area contributed by atoms with Crippen molar-refractivity contribution in [2.24, 2.45) is 5.92 Å². The first kappa shape index (κ1) is 18.8. The van der Waals surface area contributed by atoms with Crippen molar-refractivity contribution in [1.82, 2.24) is 10.2 Å². The summed E-state index contributed by atoms with van der Waals surface area (Å²) in [5.74, 6) is -0.869. The van der Waals surface area contributed by atoms with Crippen LogP contribution in [-0.4, -0.2) is 53.8 Å². The van der Waals surface area contributed by atoms with Crippen LogP contribution in [0, 0.1) is 5.92 Å². The van der Waals surface area contributed by atoms with E-state index < -0.39 is 12.0 Å². The zero-order chi connectivity index (χ0) is 17.4. The van der Waals surface area contributed by atoms with Crippen molar-refractivity contribution in [2.45, 2.75) is 63.5 Å². The van der Waals surface area contributed by atoms with Gasteiger partial charge in [-0.25, -0.2) is 9.59 Å². The standard InChI is InChI=1S/C18H30N2O4/c1-2-3-6-12-24-15-10-7-11-20(13-15)18(23)19-16(17(21)22)14-8-4-5-9-14/h2,14-16H,1,3-13H2,(H,19,23)(H,21,22)/t15?,16-/m0/s1. The Kier molecular flexibility index (Phi) is 7.56. The molecule has 6 heteroatoms. The van der Waals surface area contributed by atoms with E-state index in [1.807, 2.05) is 6.08 Å². The van der Waals surface area contributed by atoms with Gasteiger partial charge in [-0.3, -0.25) is 0 Å². The Labute approximate surface area is 144 Å². The number of carbonyl (C=O) groups excluding carboxylic acids is 1. The molecule has 0 aromatic rings. The third kappa shape index (κ3) is 5.51. The molecule has 2 rings (SSSR count). The lowest BCUT2D eigenvalue weighted by atomic mass is 9.98. The van der Waals surface area contributed by atoms with Gasteiger partial charge in [0.2, 0.25) is 0 Å². The molecule has 0 bridgehead atoms. The molecule has 6 nitrogen and oxygen atoms in total. The summed E-state index contributed by atoms with van der Waals surface area (Å²) < 4.78 is 5.83. The number of ether oxygens (including phenoxy) is 1. The number of amides is 2. The summed E-state index contributed by atoms with van der Waals surface area (Å²) in [6.45, 7) is 5.56. The molecule has 0 spiro atoms. The molecule has 1 saturated carbocycles. The van der Waals surface area contributed by atoms with E-state index in [0.717, 1.165) is 51.4 Å². The van der Waals surface area contributed by atoms with Gasteiger partial charge < -0.3 is 20.1 Å². The largest absolute Gasteiger partial charge is 0.480 e. The van der Waals surface area contributed by atoms with Crippen LogP contribution in [0.5, 0.6) is 0 Å². The quantitative estimate of drug-likeness (QED) is 0.527. The maximum atomic E-state index is 12.5.